The Kier molecular flexibility index (Phi) is 5.81. The Morgan fingerprint density at radius 1 is 1.25 bits per heavy atom. The molecule has 0 aliphatic heterocycles. The van der Waals surface area contributed by atoms with Gasteiger partial charge in [-0.05, 0) is 24.3 Å². The van der Waals surface area contributed by atoms with Gasteiger partial charge in [-0.15, -0.1) is 0 Å². The normalized spacial score (nSPS) is 10.5. The van der Waals surface area contributed by atoms with Crippen molar-refractivity contribution in [2.24, 2.45) is 0 Å². The van der Waals surface area contributed by atoms with Gasteiger partial charge in [-0.3, -0.25) is 19.6 Å². The van der Waals surface area contributed by atoms with Crippen LogP contribution in [-0.2, 0) is 6.54 Å². The minimum absolute atomic E-state index is 0.0717. The summed E-state index contributed by atoms with van der Waals surface area (Å²) in [6, 6.07) is 10.7. The molecule has 0 unspecified atom stereocenters. The number of nitro groups is 1. The lowest BCUT2D eigenvalue weighted by Crippen LogP contribution is -2.13. The first-order valence-electron chi connectivity index (χ1n) is 7.99. The van der Waals surface area contributed by atoms with E-state index in [9.17, 15) is 14.9 Å². The summed E-state index contributed by atoms with van der Waals surface area (Å²) in [6.07, 6.45) is 1.66. The quantitative estimate of drug-likeness (QED) is 0.470. The molecular weight excluding hydrogens is 407 g/mol. The van der Waals surface area contributed by atoms with Crippen molar-refractivity contribution in [2.45, 2.75) is 6.54 Å². The molecule has 0 saturated carbocycles. The largest absolute Gasteiger partial charge is 0.490 e. The van der Waals surface area contributed by atoms with E-state index < -0.39 is 10.8 Å². The second-order valence-electron chi connectivity index (χ2n) is 5.70. The van der Waals surface area contributed by atoms with Gasteiger partial charge in [-0.25, -0.2) is 0 Å². The third-order valence-corrected chi connectivity index (χ3v) is 4.61. The van der Waals surface area contributed by atoms with Crippen molar-refractivity contribution >= 4 is 40.6 Å². The van der Waals surface area contributed by atoms with Crippen LogP contribution >= 0.6 is 23.2 Å². The lowest BCUT2D eigenvalue weighted by molar-refractivity contribution is -0.385. The van der Waals surface area contributed by atoms with Crippen molar-refractivity contribution in [1.29, 1.82) is 0 Å². The average molecular weight is 421 g/mol. The maximum Gasteiger partial charge on any atom is 0.311 e. The molecule has 3 aromatic rings. The summed E-state index contributed by atoms with van der Waals surface area (Å²) in [6.45, 7) is 0.322. The second-order valence-corrected chi connectivity index (χ2v) is 6.51. The van der Waals surface area contributed by atoms with E-state index in [2.05, 4.69) is 10.4 Å². The number of hydrogen-bond acceptors (Lipinski definition) is 5. The molecule has 0 atom stereocenters. The monoisotopic (exact) mass is 420 g/mol. The average Bonchev–Trinajstić information content (AvgIpc) is 3.11. The molecule has 1 amide bonds. The number of carbonyl (C=O) groups excluding carboxylic acids is 1. The van der Waals surface area contributed by atoms with Crippen molar-refractivity contribution in [2.75, 3.05) is 12.4 Å². The minimum atomic E-state index is -0.613. The third kappa shape index (κ3) is 4.24. The van der Waals surface area contributed by atoms with Gasteiger partial charge in [0.25, 0.3) is 5.91 Å². The zero-order valence-electron chi connectivity index (χ0n) is 14.6. The number of nitro benzene ring substituents is 1. The number of rotatable bonds is 6. The van der Waals surface area contributed by atoms with Crippen LogP contribution in [0.15, 0.2) is 48.7 Å². The Labute approximate surface area is 169 Å². The van der Waals surface area contributed by atoms with Gasteiger partial charge in [0.2, 0.25) is 0 Å². The highest BCUT2D eigenvalue weighted by molar-refractivity contribution is 6.35. The van der Waals surface area contributed by atoms with E-state index in [-0.39, 0.29) is 22.8 Å². The number of halogens is 2. The Balaban J connectivity index is 1.76. The molecule has 1 aromatic heterocycles. The van der Waals surface area contributed by atoms with Crippen molar-refractivity contribution in [3.63, 3.8) is 0 Å². The molecule has 1 N–H and O–H groups in total. The van der Waals surface area contributed by atoms with Gasteiger partial charge in [0.1, 0.15) is 0 Å². The van der Waals surface area contributed by atoms with Crippen molar-refractivity contribution in [1.82, 2.24) is 9.78 Å². The zero-order chi connectivity index (χ0) is 20.3. The molecule has 8 nitrogen and oxygen atoms in total. The van der Waals surface area contributed by atoms with E-state index in [0.29, 0.717) is 22.2 Å². The van der Waals surface area contributed by atoms with Crippen LogP contribution < -0.4 is 10.1 Å². The standard InChI is InChI=1S/C18H14Cl2N4O4/c1-28-16-6-5-11(9-15(16)24(26)27)18(25)21-17-7-8-23(22-17)10-12-13(19)3-2-4-14(12)20/h2-9H,10H2,1H3,(H,21,22,25). The number of aromatic nitrogens is 2. The molecule has 0 spiro atoms. The topological polar surface area (TPSA) is 99.3 Å². The molecule has 0 fully saturated rings. The van der Waals surface area contributed by atoms with Crippen molar-refractivity contribution < 1.29 is 14.5 Å². The van der Waals surface area contributed by atoms with E-state index in [1.165, 1.54) is 19.2 Å². The van der Waals surface area contributed by atoms with Gasteiger partial charge in [0, 0.05) is 39.5 Å². The molecule has 10 heteroatoms. The Morgan fingerprint density at radius 2 is 1.96 bits per heavy atom. The minimum Gasteiger partial charge on any atom is -0.490 e. The second kappa shape index (κ2) is 8.28. The molecule has 1 heterocycles. The molecule has 0 saturated heterocycles. The van der Waals surface area contributed by atoms with E-state index in [1.807, 2.05) is 0 Å². The van der Waals surface area contributed by atoms with Crippen LogP contribution in [0, 0.1) is 10.1 Å². The number of methoxy groups -OCH3 is 1. The summed E-state index contributed by atoms with van der Waals surface area (Å²) < 4.78 is 6.50. The number of hydrogen-bond donors (Lipinski definition) is 1. The molecule has 28 heavy (non-hydrogen) atoms. The van der Waals surface area contributed by atoms with Crippen LogP contribution in [0.3, 0.4) is 0 Å². The van der Waals surface area contributed by atoms with Gasteiger partial charge in [0.05, 0.1) is 18.6 Å². The van der Waals surface area contributed by atoms with Crippen LogP contribution in [0.4, 0.5) is 11.5 Å². The first kappa shape index (κ1) is 19.7. The summed E-state index contributed by atoms with van der Waals surface area (Å²) in [5.74, 6) is -0.180. The number of ether oxygens (including phenoxy) is 1. The number of benzene rings is 2. The van der Waals surface area contributed by atoms with E-state index >= 15 is 0 Å². The fourth-order valence-electron chi connectivity index (χ4n) is 2.52. The molecular formula is C18H14Cl2N4O4. The zero-order valence-corrected chi connectivity index (χ0v) is 16.1. The van der Waals surface area contributed by atoms with Gasteiger partial charge in [-0.2, -0.15) is 5.10 Å². The SMILES string of the molecule is COc1ccc(C(=O)Nc2ccn(Cc3c(Cl)cccc3Cl)n2)cc1[N+](=O)[O-]. The summed E-state index contributed by atoms with van der Waals surface area (Å²) in [7, 11) is 1.32. The van der Waals surface area contributed by atoms with Crippen LogP contribution in [0.2, 0.25) is 10.0 Å². The molecule has 0 radical (unpaired) electrons. The molecule has 0 aliphatic rings. The number of amides is 1. The third-order valence-electron chi connectivity index (χ3n) is 3.90. The highest BCUT2D eigenvalue weighted by atomic mass is 35.5. The van der Waals surface area contributed by atoms with Gasteiger partial charge >= 0.3 is 5.69 Å². The lowest BCUT2D eigenvalue weighted by Gasteiger charge is -2.07. The number of anilines is 1. The Bertz CT molecular complexity index is 1030. The molecule has 2 aromatic carbocycles. The van der Waals surface area contributed by atoms with Gasteiger partial charge in [0.15, 0.2) is 11.6 Å². The van der Waals surface area contributed by atoms with Crippen LogP contribution in [0.1, 0.15) is 15.9 Å². The molecule has 144 valence electrons. The van der Waals surface area contributed by atoms with Gasteiger partial charge in [-0.1, -0.05) is 29.3 Å². The molecule has 0 aliphatic carbocycles. The maximum atomic E-state index is 12.4. The summed E-state index contributed by atoms with van der Waals surface area (Å²) in [5, 5.41) is 19.0. The van der Waals surface area contributed by atoms with Crippen LogP contribution in [0.25, 0.3) is 0 Å². The van der Waals surface area contributed by atoms with Crippen molar-refractivity contribution in [3.05, 3.63) is 79.9 Å². The summed E-state index contributed by atoms with van der Waals surface area (Å²) >= 11 is 12.3. The molecule has 0 bridgehead atoms. The predicted octanol–water partition coefficient (Wildman–Crippen LogP) is 4.41. The number of nitrogens with one attached hydrogen (secondary N) is 1. The van der Waals surface area contributed by atoms with Gasteiger partial charge < -0.3 is 10.1 Å². The predicted molar refractivity (Wildman–Crippen MR) is 105 cm³/mol. The van der Waals surface area contributed by atoms with Crippen LogP contribution in [0.5, 0.6) is 5.75 Å². The smallest absolute Gasteiger partial charge is 0.311 e. The van der Waals surface area contributed by atoms with Crippen LogP contribution in [-0.4, -0.2) is 27.7 Å². The van der Waals surface area contributed by atoms with E-state index in [1.54, 1.807) is 35.1 Å². The highest BCUT2D eigenvalue weighted by Crippen LogP contribution is 2.28. The lowest BCUT2D eigenvalue weighted by atomic mass is 10.1. The van der Waals surface area contributed by atoms with E-state index in [0.717, 1.165) is 6.07 Å². The maximum absolute atomic E-state index is 12.4. The fraction of sp³-hybridized carbons (Fsp3) is 0.111. The molecule has 3 rings (SSSR count). The summed E-state index contributed by atoms with van der Waals surface area (Å²) in [4.78, 5) is 22.9. The first-order chi connectivity index (χ1) is 13.4. The van der Waals surface area contributed by atoms with Crippen molar-refractivity contribution in [3.8, 4) is 5.75 Å². The number of nitrogens with zero attached hydrogens (tertiary/aromatic N) is 3. The fourth-order valence-corrected chi connectivity index (χ4v) is 3.04. The Morgan fingerprint density at radius 3 is 2.61 bits per heavy atom. The number of carbonyl (C=O) groups is 1. The first-order valence-corrected chi connectivity index (χ1v) is 8.74. The highest BCUT2D eigenvalue weighted by Gasteiger charge is 2.18. The van der Waals surface area contributed by atoms with E-state index in [4.69, 9.17) is 27.9 Å². The summed E-state index contributed by atoms with van der Waals surface area (Å²) in [5.41, 5.74) is 0.517. The Hall–Kier alpha value is -3.10.